The first-order valence-corrected chi connectivity index (χ1v) is 8.44. The number of amides is 1. The van der Waals surface area contributed by atoms with Gasteiger partial charge in [-0.3, -0.25) is 4.79 Å². The molecule has 1 atom stereocenters. The molecule has 1 aromatic carbocycles. The molecule has 1 N–H and O–H groups in total. The second-order valence-electron chi connectivity index (χ2n) is 6.22. The van der Waals surface area contributed by atoms with E-state index in [1.807, 2.05) is 43.7 Å². The first-order valence-electron chi connectivity index (χ1n) is 8.44. The Morgan fingerprint density at radius 3 is 2.85 bits per heavy atom. The fourth-order valence-corrected chi connectivity index (χ4v) is 2.70. The summed E-state index contributed by atoms with van der Waals surface area (Å²) in [6.07, 6.45) is 5.30. The molecule has 7 nitrogen and oxygen atoms in total. The minimum Gasteiger partial charge on any atom is -0.488 e. The van der Waals surface area contributed by atoms with Crippen molar-refractivity contribution < 1.29 is 14.1 Å². The maximum atomic E-state index is 12.7. The van der Waals surface area contributed by atoms with Crippen LogP contribution in [0, 0.1) is 13.8 Å². The van der Waals surface area contributed by atoms with Crippen molar-refractivity contribution in [1.29, 1.82) is 0 Å². The van der Waals surface area contributed by atoms with Gasteiger partial charge in [0.05, 0.1) is 23.1 Å². The van der Waals surface area contributed by atoms with Gasteiger partial charge < -0.3 is 19.1 Å². The number of benzene rings is 1. The Bertz CT molecular complexity index is 851. The lowest BCUT2D eigenvalue weighted by molar-refractivity contribution is 0.0932. The molecule has 136 valence electrons. The summed E-state index contributed by atoms with van der Waals surface area (Å²) in [4.78, 5) is 16.7. The van der Waals surface area contributed by atoms with E-state index in [1.54, 1.807) is 24.7 Å². The van der Waals surface area contributed by atoms with Crippen molar-refractivity contribution in [2.45, 2.75) is 40.0 Å². The van der Waals surface area contributed by atoms with E-state index in [0.29, 0.717) is 24.5 Å². The lowest BCUT2D eigenvalue weighted by Crippen LogP contribution is -2.35. The Kier molecular flexibility index (Phi) is 5.36. The van der Waals surface area contributed by atoms with Crippen LogP contribution in [0.2, 0.25) is 0 Å². The SMILES string of the molecule is Cc1noc(C)c1COc1ccccc1C(=O)N[C@@H](C)Cn1ccnc1. The number of nitrogens with one attached hydrogen (secondary N) is 1. The average molecular weight is 354 g/mol. The predicted molar refractivity (Wildman–Crippen MR) is 95.9 cm³/mol. The number of para-hydroxylation sites is 1. The maximum Gasteiger partial charge on any atom is 0.255 e. The number of rotatable bonds is 7. The quantitative estimate of drug-likeness (QED) is 0.705. The molecule has 0 aliphatic carbocycles. The van der Waals surface area contributed by atoms with E-state index in [1.165, 1.54) is 0 Å². The van der Waals surface area contributed by atoms with Crippen molar-refractivity contribution in [1.82, 2.24) is 20.0 Å². The lowest BCUT2D eigenvalue weighted by Gasteiger charge is -2.16. The Labute approximate surface area is 152 Å². The van der Waals surface area contributed by atoms with E-state index in [2.05, 4.69) is 15.5 Å². The molecule has 0 unspecified atom stereocenters. The van der Waals surface area contributed by atoms with Crippen LogP contribution in [0.5, 0.6) is 5.75 Å². The van der Waals surface area contributed by atoms with Crippen LogP contribution >= 0.6 is 0 Å². The van der Waals surface area contributed by atoms with E-state index < -0.39 is 0 Å². The van der Waals surface area contributed by atoms with Crippen LogP contribution in [0.25, 0.3) is 0 Å². The van der Waals surface area contributed by atoms with Gasteiger partial charge in [-0.25, -0.2) is 4.98 Å². The number of carbonyl (C=O) groups excluding carboxylic acids is 1. The number of imidazole rings is 1. The third-order valence-corrected chi connectivity index (χ3v) is 4.11. The monoisotopic (exact) mass is 354 g/mol. The van der Waals surface area contributed by atoms with Crippen molar-refractivity contribution in [2.75, 3.05) is 0 Å². The van der Waals surface area contributed by atoms with Crippen LogP contribution in [0.1, 0.15) is 34.3 Å². The van der Waals surface area contributed by atoms with E-state index in [0.717, 1.165) is 17.0 Å². The van der Waals surface area contributed by atoms with Gasteiger partial charge in [0.25, 0.3) is 5.91 Å². The van der Waals surface area contributed by atoms with E-state index in [4.69, 9.17) is 9.26 Å². The molecule has 2 aromatic heterocycles. The van der Waals surface area contributed by atoms with Gasteiger partial charge >= 0.3 is 0 Å². The smallest absolute Gasteiger partial charge is 0.255 e. The third kappa shape index (κ3) is 4.11. The van der Waals surface area contributed by atoms with Gasteiger partial charge in [0, 0.05) is 25.0 Å². The number of carbonyl (C=O) groups is 1. The zero-order valence-corrected chi connectivity index (χ0v) is 15.1. The molecule has 0 saturated heterocycles. The van der Waals surface area contributed by atoms with Gasteiger partial charge in [-0.05, 0) is 32.9 Å². The highest BCUT2D eigenvalue weighted by atomic mass is 16.5. The normalized spacial score (nSPS) is 12.0. The number of hydrogen-bond donors (Lipinski definition) is 1. The van der Waals surface area contributed by atoms with Gasteiger partial charge in [0.1, 0.15) is 18.1 Å². The van der Waals surface area contributed by atoms with Crippen molar-refractivity contribution >= 4 is 5.91 Å². The van der Waals surface area contributed by atoms with E-state index >= 15 is 0 Å². The Morgan fingerprint density at radius 2 is 2.15 bits per heavy atom. The fraction of sp³-hybridized carbons (Fsp3) is 0.316. The molecule has 2 heterocycles. The van der Waals surface area contributed by atoms with Crippen molar-refractivity contribution in [2.24, 2.45) is 0 Å². The molecule has 0 radical (unpaired) electrons. The first kappa shape index (κ1) is 17.7. The van der Waals surface area contributed by atoms with Crippen molar-refractivity contribution in [3.8, 4) is 5.75 Å². The zero-order chi connectivity index (χ0) is 18.5. The molecule has 3 aromatic rings. The van der Waals surface area contributed by atoms with Gasteiger partial charge in [-0.2, -0.15) is 0 Å². The molecule has 7 heteroatoms. The minimum absolute atomic E-state index is 0.0488. The van der Waals surface area contributed by atoms with Crippen LogP contribution in [0.3, 0.4) is 0 Å². The molecule has 0 aliphatic heterocycles. The number of hydrogen-bond acceptors (Lipinski definition) is 5. The largest absolute Gasteiger partial charge is 0.488 e. The van der Waals surface area contributed by atoms with Gasteiger partial charge in [0.15, 0.2) is 0 Å². The molecule has 0 spiro atoms. The Hall–Kier alpha value is -3.09. The summed E-state index contributed by atoms with van der Waals surface area (Å²) in [5.74, 6) is 1.07. The van der Waals surface area contributed by atoms with Crippen LogP contribution < -0.4 is 10.1 Å². The molecule has 0 bridgehead atoms. The summed E-state index contributed by atoms with van der Waals surface area (Å²) >= 11 is 0. The predicted octanol–water partition coefficient (Wildman–Crippen LogP) is 2.89. The molecule has 26 heavy (non-hydrogen) atoms. The van der Waals surface area contributed by atoms with E-state index in [-0.39, 0.29) is 11.9 Å². The maximum absolute atomic E-state index is 12.7. The van der Waals surface area contributed by atoms with Crippen LogP contribution in [0.15, 0.2) is 47.5 Å². The molecular weight excluding hydrogens is 332 g/mol. The summed E-state index contributed by atoms with van der Waals surface area (Å²) in [5.41, 5.74) is 2.18. The number of ether oxygens (including phenoxy) is 1. The summed E-state index contributed by atoms with van der Waals surface area (Å²) in [7, 11) is 0. The number of nitrogens with zero attached hydrogens (tertiary/aromatic N) is 3. The molecule has 0 saturated carbocycles. The zero-order valence-electron chi connectivity index (χ0n) is 15.1. The van der Waals surface area contributed by atoms with Gasteiger partial charge in [-0.15, -0.1) is 0 Å². The molecule has 0 fully saturated rings. The first-order chi connectivity index (χ1) is 12.5. The van der Waals surface area contributed by atoms with Crippen LogP contribution in [-0.4, -0.2) is 26.7 Å². The second kappa shape index (κ2) is 7.86. The summed E-state index contributed by atoms with van der Waals surface area (Å²) in [6.45, 7) is 6.61. The highest BCUT2D eigenvalue weighted by Crippen LogP contribution is 2.21. The van der Waals surface area contributed by atoms with Crippen LogP contribution in [-0.2, 0) is 13.2 Å². The Balaban J connectivity index is 1.67. The number of aromatic nitrogens is 3. The summed E-state index contributed by atoms with van der Waals surface area (Å²) in [6, 6.07) is 7.15. The molecule has 0 aliphatic rings. The Morgan fingerprint density at radius 1 is 1.35 bits per heavy atom. The van der Waals surface area contributed by atoms with Crippen molar-refractivity contribution in [3.63, 3.8) is 0 Å². The average Bonchev–Trinajstić information content (AvgIpc) is 3.23. The molecular formula is C19H22N4O3. The van der Waals surface area contributed by atoms with Crippen LogP contribution in [0.4, 0.5) is 0 Å². The van der Waals surface area contributed by atoms with Gasteiger partial charge in [-0.1, -0.05) is 17.3 Å². The van der Waals surface area contributed by atoms with E-state index in [9.17, 15) is 4.79 Å². The third-order valence-electron chi connectivity index (χ3n) is 4.11. The highest BCUT2D eigenvalue weighted by molar-refractivity contribution is 5.97. The molecule has 3 rings (SSSR count). The standard InChI is InChI=1S/C19H22N4O3/c1-13(10-23-9-8-20-12-23)21-19(24)16-6-4-5-7-18(16)25-11-17-14(2)22-26-15(17)3/h4-9,12-13H,10-11H2,1-3H3,(H,21,24)/t13-/m0/s1. The summed E-state index contributed by atoms with van der Waals surface area (Å²) in [5, 5.41) is 6.91. The topological polar surface area (TPSA) is 82.2 Å². The van der Waals surface area contributed by atoms with Crippen molar-refractivity contribution in [3.05, 3.63) is 65.6 Å². The lowest BCUT2D eigenvalue weighted by atomic mass is 10.1. The fourth-order valence-electron chi connectivity index (χ4n) is 2.70. The van der Waals surface area contributed by atoms with Gasteiger partial charge in [0.2, 0.25) is 0 Å². The number of aryl methyl sites for hydroxylation is 2. The minimum atomic E-state index is -0.174. The highest BCUT2D eigenvalue weighted by Gasteiger charge is 2.16. The second-order valence-corrected chi connectivity index (χ2v) is 6.22. The summed E-state index contributed by atoms with van der Waals surface area (Å²) < 4.78 is 12.9. The molecule has 1 amide bonds.